The second-order valence-electron chi connectivity index (χ2n) is 4.35. The summed E-state index contributed by atoms with van der Waals surface area (Å²) in [7, 11) is 0. The third-order valence-corrected chi connectivity index (χ3v) is 2.92. The van der Waals surface area contributed by atoms with E-state index in [-0.39, 0.29) is 17.8 Å². The van der Waals surface area contributed by atoms with Crippen molar-refractivity contribution < 1.29 is 13.7 Å². The molecule has 0 aromatic heterocycles. The minimum atomic E-state index is -0.652. The van der Waals surface area contributed by atoms with Crippen LogP contribution in [0.15, 0.2) is 36.4 Å². The van der Waals surface area contributed by atoms with Crippen molar-refractivity contribution in [3.63, 3.8) is 0 Å². The zero-order valence-electron chi connectivity index (χ0n) is 10.7. The van der Waals surface area contributed by atoms with Gasteiger partial charge in [0.2, 0.25) is 0 Å². The molecule has 0 radical (unpaired) electrons. The Labute approximate surface area is 114 Å². The number of benzene rings is 2. The van der Waals surface area contributed by atoms with Crippen molar-refractivity contribution in [2.45, 2.75) is 13.5 Å². The topological polar surface area (TPSA) is 55.2 Å². The van der Waals surface area contributed by atoms with Crippen molar-refractivity contribution in [3.05, 3.63) is 69.3 Å². The van der Waals surface area contributed by atoms with Gasteiger partial charge in [-0.15, -0.1) is 0 Å². The Kier molecular flexibility index (Phi) is 3.93. The zero-order valence-corrected chi connectivity index (χ0v) is 10.7. The van der Waals surface area contributed by atoms with E-state index in [1.165, 1.54) is 24.3 Å². The van der Waals surface area contributed by atoms with Crippen LogP contribution >= 0.6 is 0 Å². The summed E-state index contributed by atoms with van der Waals surface area (Å²) in [4.78, 5) is 10.2. The quantitative estimate of drug-likeness (QED) is 0.683. The number of nitrogens with zero attached hydrogens (tertiary/aromatic N) is 1. The van der Waals surface area contributed by atoms with Crippen molar-refractivity contribution in [2.24, 2.45) is 0 Å². The maximum atomic E-state index is 13.5. The molecule has 0 saturated heterocycles. The molecule has 2 aromatic carbocycles. The summed E-state index contributed by atoms with van der Waals surface area (Å²) < 4.78 is 26.3. The standard InChI is InChI=1S/C14H12F2N2O2/c1-9-2-5-12(18(19)20)7-14(9)17-8-10-3-4-11(15)6-13(10)16/h2-7,17H,8H2,1H3. The highest BCUT2D eigenvalue weighted by atomic mass is 19.1. The van der Waals surface area contributed by atoms with Gasteiger partial charge in [0.25, 0.3) is 5.69 Å². The number of halogens is 2. The lowest BCUT2D eigenvalue weighted by Gasteiger charge is -2.10. The van der Waals surface area contributed by atoms with Gasteiger partial charge in [-0.2, -0.15) is 0 Å². The first kappa shape index (κ1) is 13.9. The van der Waals surface area contributed by atoms with Crippen LogP contribution in [0.2, 0.25) is 0 Å². The first-order chi connectivity index (χ1) is 9.47. The van der Waals surface area contributed by atoms with Gasteiger partial charge < -0.3 is 5.32 Å². The van der Waals surface area contributed by atoms with Gasteiger partial charge in [0.15, 0.2) is 0 Å². The predicted molar refractivity (Wildman–Crippen MR) is 71.5 cm³/mol. The van der Waals surface area contributed by atoms with E-state index in [0.717, 1.165) is 11.6 Å². The molecular weight excluding hydrogens is 266 g/mol. The molecule has 0 aliphatic carbocycles. The van der Waals surface area contributed by atoms with Crippen LogP contribution in [0.5, 0.6) is 0 Å². The largest absolute Gasteiger partial charge is 0.380 e. The van der Waals surface area contributed by atoms with Gasteiger partial charge in [0.05, 0.1) is 4.92 Å². The Morgan fingerprint density at radius 3 is 2.60 bits per heavy atom. The van der Waals surface area contributed by atoms with E-state index in [1.807, 2.05) is 0 Å². The molecule has 0 spiro atoms. The number of hydrogen-bond donors (Lipinski definition) is 1. The lowest BCUT2D eigenvalue weighted by atomic mass is 10.1. The van der Waals surface area contributed by atoms with Crippen molar-refractivity contribution in [3.8, 4) is 0 Å². The van der Waals surface area contributed by atoms with Crippen LogP contribution in [0, 0.1) is 28.7 Å². The molecule has 104 valence electrons. The minimum Gasteiger partial charge on any atom is -0.380 e. The Bertz CT molecular complexity index is 660. The molecular formula is C14H12F2N2O2. The summed E-state index contributed by atoms with van der Waals surface area (Å²) in [5, 5.41) is 13.6. The predicted octanol–water partition coefficient (Wildman–Crippen LogP) is 3.79. The zero-order chi connectivity index (χ0) is 14.7. The molecule has 0 bridgehead atoms. The average molecular weight is 278 g/mol. The van der Waals surface area contributed by atoms with E-state index < -0.39 is 16.6 Å². The van der Waals surface area contributed by atoms with E-state index in [1.54, 1.807) is 13.0 Å². The minimum absolute atomic E-state index is 0.0438. The molecule has 0 aliphatic heterocycles. The molecule has 20 heavy (non-hydrogen) atoms. The van der Waals surface area contributed by atoms with Gasteiger partial charge in [0.1, 0.15) is 11.6 Å². The van der Waals surface area contributed by atoms with E-state index in [9.17, 15) is 18.9 Å². The number of rotatable bonds is 4. The normalized spacial score (nSPS) is 10.3. The fraction of sp³-hybridized carbons (Fsp3) is 0.143. The van der Waals surface area contributed by atoms with Gasteiger partial charge in [0, 0.05) is 36.0 Å². The fourth-order valence-electron chi connectivity index (χ4n) is 1.77. The first-order valence-corrected chi connectivity index (χ1v) is 5.90. The van der Waals surface area contributed by atoms with Gasteiger partial charge in [-0.3, -0.25) is 10.1 Å². The van der Waals surface area contributed by atoms with Crippen LogP contribution in [-0.4, -0.2) is 4.92 Å². The summed E-state index contributed by atoms with van der Waals surface area (Å²) >= 11 is 0. The van der Waals surface area contributed by atoms with Crippen molar-refractivity contribution in [2.75, 3.05) is 5.32 Å². The third kappa shape index (κ3) is 3.09. The molecule has 2 rings (SSSR count). The molecule has 0 unspecified atom stereocenters. The SMILES string of the molecule is Cc1ccc([N+](=O)[O-])cc1NCc1ccc(F)cc1F. The number of hydrogen-bond acceptors (Lipinski definition) is 3. The van der Waals surface area contributed by atoms with E-state index in [0.29, 0.717) is 5.69 Å². The maximum absolute atomic E-state index is 13.5. The average Bonchev–Trinajstić information content (AvgIpc) is 2.39. The Morgan fingerprint density at radius 1 is 1.20 bits per heavy atom. The number of nitro groups is 1. The third-order valence-electron chi connectivity index (χ3n) is 2.92. The molecule has 0 heterocycles. The van der Waals surface area contributed by atoms with Crippen LogP contribution in [0.4, 0.5) is 20.2 Å². The molecule has 0 saturated carbocycles. The highest BCUT2D eigenvalue weighted by Gasteiger charge is 2.09. The monoisotopic (exact) mass is 278 g/mol. The smallest absolute Gasteiger partial charge is 0.271 e. The van der Waals surface area contributed by atoms with Gasteiger partial charge >= 0.3 is 0 Å². The van der Waals surface area contributed by atoms with Crippen LogP contribution < -0.4 is 5.32 Å². The van der Waals surface area contributed by atoms with Crippen LogP contribution in [0.3, 0.4) is 0 Å². The Morgan fingerprint density at radius 2 is 1.95 bits per heavy atom. The number of nitro benzene ring substituents is 1. The summed E-state index contributed by atoms with van der Waals surface area (Å²) in [5.74, 6) is -1.29. The summed E-state index contributed by atoms with van der Waals surface area (Å²) in [5.41, 5.74) is 1.59. The summed E-state index contributed by atoms with van der Waals surface area (Å²) in [6, 6.07) is 7.71. The summed E-state index contributed by atoms with van der Waals surface area (Å²) in [6.45, 7) is 1.90. The number of aryl methyl sites for hydroxylation is 1. The number of non-ortho nitro benzene ring substituents is 1. The number of nitrogens with one attached hydrogen (secondary N) is 1. The molecule has 2 aromatic rings. The van der Waals surface area contributed by atoms with Crippen molar-refractivity contribution in [1.82, 2.24) is 0 Å². The first-order valence-electron chi connectivity index (χ1n) is 5.90. The van der Waals surface area contributed by atoms with Gasteiger partial charge in [-0.1, -0.05) is 12.1 Å². The van der Waals surface area contributed by atoms with Crippen molar-refractivity contribution >= 4 is 11.4 Å². The molecule has 0 atom stereocenters. The maximum Gasteiger partial charge on any atom is 0.271 e. The number of anilines is 1. The fourth-order valence-corrected chi connectivity index (χ4v) is 1.77. The molecule has 0 fully saturated rings. The lowest BCUT2D eigenvalue weighted by molar-refractivity contribution is -0.384. The highest BCUT2D eigenvalue weighted by molar-refractivity contribution is 5.57. The second kappa shape index (κ2) is 5.64. The van der Waals surface area contributed by atoms with E-state index in [2.05, 4.69) is 5.32 Å². The van der Waals surface area contributed by atoms with Crippen LogP contribution in [-0.2, 0) is 6.54 Å². The lowest BCUT2D eigenvalue weighted by Crippen LogP contribution is -2.04. The molecule has 0 aliphatic rings. The molecule has 0 amide bonds. The highest BCUT2D eigenvalue weighted by Crippen LogP contribution is 2.22. The Balaban J connectivity index is 2.18. The van der Waals surface area contributed by atoms with E-state index in [4.69, 9.17) is 0 Å². The summed E-state index contributed by atoms with van der Waals surface area (Å²) in [6.07, 6.45) is 0. The molecule has 4 nitrogen and oxygen atoms in total. The van der Waals surface area contributed by atoms with Gasteiger partial charge in [-0.05, 0) is 18.6 Å². The molecule has 1 N–H and O–H groups in total. The van der Waals surface area contributed by atoms with Crippen LogP contribution in [0.25, 0.3) is 0 Å². The van der Waals surface area contributed by atoms with Gasteiger partial charge in [-0.25, -0.2) is 8.78 Å². The van der Waals surface area contributed by atoms with E-state index >= 15 is 0 Å². The molecule has 6 heteroatoms. The Hall–Kier alpha value is -2.50. The van der Waals surface area contributed by atoms with Crippen molar-refractivity contribution in [1.29, 1.82) is 0 Å². The van der Waals surface area contributed by atoms with Crippen LogP contribution in [0.1, 0.15) is 11.1 Å². The second-order valence-corrected chi connectivity index (χ2v) is 4.35.